The molecule has 3 rings (SSSR count). The average Bonchev–Trinajstić information content (AvgIpc) is 3.36. The van der Waals surface area contributed by atoms with Gasteiger partial charge in [0.1, 0.15) is 0 Å². The van der Waals surface area contributed by atoms with Gasteiger partial charge in [-0.25, -0.2) is 0 Å². The summed E-state index contributed by atoms with van der Waals surface area (Å²) >= 11 is 0. The van der Waals surface area contributed by atoms with Gasteiger partial charge in [0.25, 0.3) is 0 Å². The number of esters is 1. The molecule has 1 heterocycles. The molecule has 0 spiro atoms. The third kappa shape index (κ3) is 7.57. The molecule has 182 valence electrons. The Hall–Kier alpha value is -1.87. The topological polar surface area (TPSA) is 65.0 Å². The first-order valence-electron chi connectivity index (χ1n) is 12.5. The van der Waals surface area contributed by atoms with E-state index in [1.165, 1.54) is 12.7 Å². The molecule has 0 aromatic rings. The maximum absolute atomic E-state index is 11.3. The van der Waals surface area contributed by atoms with Gasteiger partial charge in [-0.3, -0.25) is 4.79 Å². The van der Waals surface area contributed by atoms with Crippen molar-refractivity contribution in [1.29, 1.82) is 0 Å². The molecule has 0 aromatic carbocycles. The van der Waals surface area contributed by atoms with Crippen LogP contribution in [0.25, 0.3) is 0 Å². The van der Waals surface area contributed by atoms with E-state index in [4.69, 9.17) is 14.2 Å². The van der Waals surface area contributed by atoms with Crippen molar-refractivity contribution in [2.45, 2.75) is 83.7 Å². The minimum atomic E-state index is -0.511. The maximum atomic E-state index is 11.3. The number of carbonyl (C=O) groups excluding carboxylic acids is 1. The molecule has 0 amide bonds. The molecular formula is C28H40O5. The van der Waals surface area contributed by atoms with Crippen LogP contribution < -0.4 is 0 Å². The molecule has 7 atom stereocenters. The van der Waals surface area contributed by atoms with Crippen LogP contribution in [0.3, 0.4) is 0 Å². The lowest BCUT2D eigenvalue weighted by Crippen LogP contribution is -2.31. The number of allylic oxidation sites excluding steroid dienone is 4. The Morgan fingerprint density at radius 2 is 2.24 bits per heavy atom. The number of rotatable bonds is 10. The molecule has 5 heteroatoms. The number of methoxy groups -OCH3 is 1. The Morgan fingerprint density at radius 1 is 1.39 bits per heavy atom. The first-order chi connectivity index (χ1) is 16.0. The molecule has 3 unspecified atom stereocenters. The summed E-state index contributed by atoms with van der Waals surface area (Å²) in [7, 11) is 1.42. The molecule has 1 aliphatic heterocycles. The van der Waals surface area contributed by atoms with E-state index in [1.807, 2.05) is 19.9 Å². The summed E-state index contributed by atoms with van der Waals surface area (Å²) in [6.07, 6.45) is 17.2. The minimum Gasteiger partial charge on any atom is -0.469 e. The van der Waals surface area contributed by atoms with Gasteiger partial charge in [0.15, 0.2) is 6.29 Å². The number of fused-ring (bicyclic) bond motifs is 1. The van der Waals surface area contributed by atoms with E-state index in [9.17, 15) is 9.90 Å². The number of carbonyl (C=O) groups is 1. The molecule has 33 heavy (non-hydrogen) atoms. The van der Waals surface area contributed by atoms with E-state index in [1.54, 1.807) is 0 Å². The van der Waals surface area contributed by atoms with Crippen LogP contribution in [0.4, 0.5) is 0 Å². The molecule has 2 aliphatic carbocycles. The molecule has 1 N–H and O–H groups in total. The van der Waals surface area contributed by atoms with Crippen molar-refractivity contribution in [3.8, 4) is 11.8 Å². The average molecular weight is 457 g/mol. The molecule has 2 fully saturated rings. The lowest BCUT2D eigenvalue weighted by Gasteiger charge is -2.29. The first kappa shape index (κ1) is 25.7. The second-order valence-corrected chi connectivity index (χ2v) is 9.56. The van der Waals surface area contributed by atoms with Crippen LogP contribution in [0.15, 0.2) is 36.0 Å². The van der Waals surface area contributed by atoms with Crippen molar-refractivity contribution in [1.82, 2.24) is 0 Å². The Bertz CT molecular complexity index is 780. The van der Waals surface area contributed by atoms with Gasteiger partial charge < -0.3 is 19.3 Å². The maximum Gasteiger partial charge on any atom is 0.305 e. The molecular weight excluding hydrogens is 416 g/mol. The van der Waals surface area contributed by atoms with Gasteiger partial charge in [-0.2, -0.15) is 0 Å². The van der Waals surface area contributed by atoms with Crippen molar-refractivity contribution < 1.29 is 24.1 Å². The monoisotopic (exact) mass is 456 g/mol. The van der Waals surface area contributed by atoms with Crippen molar-refractivity contribution in [2.75, 3.05) is 13.7 Å². The van der Waals surface area contributed by atoms with Gasteiger partial charge in [0.2, 0.25) is 0 Å². The number of aliphatic hydroxyl groups excluding tert-OH is 1. The zero-order chi connectivity index (χ0) is 23.6. The third-order valence-electron chi connectivity index (χ3n) is 7.13. The predicted octanol–water partition coefficient (Wildman–Crippen LogP) is 4.96. The molecule has 5 nitrogen and oxygen atoms in total. The van der Waals surface area contributed by atoms with Gasteiger partial charge in [-0.1, -0.05) is 42.9 Å². The van der Waals surface area contributed by atoms with E-state index in [2.05, 4.69) is 36.1 Å². The van der Waals surface area contributed by atoms with Crippen LogP contribution in [0.2, 0.25) is 0 Å². The van der Waals surface area contributed by atoms with Crippen LogP contribution >= 0.6 is 0 Å². The van der Waals surface area contributed by atoms with Crippen molar-refractivity contribution in [3.05, 3.63) is 36.0 Å². The normalized spacial score (nSPS) is 31.2. The van der Waals surface area contributed by atoms with E-state index < -0.39 is 6.10 Å². The van der Waals surface area contributed by atoms with Gasteiger partial charge in [0.05, 0.1) is 19.3 Å². The van der Waals surface area contributed by atoms with E-state index >= 15 is 0 Å². The third-order valence-corrected chi connectivity index (χ3v) is 7.13. The second-order valence-electron chi connectivity index (χ2n) is 9.56. The molecule has 3 aliphatic rings. The predicted molar refractivity (Wildman–Crippen MR) is 129 cm³/mol. The molecule has 0 radical (unpaired) electrons. The molecule has 0 aromatic heterocycles. The summed E-state index contributed by atoms with van der Waals surface area (Å²) in [4.78, 5) is 11.3. The van der Waals surface area contributed by atoms with Gasteiger partial charge in [-0.05, 0) is 63.2 Å². The van der Waals surface area contributed by atoms with Crippen LogP contribution in [0, 0.1) is 35.5 Å². The zero-order valence-electron chi connectivity index (χ0n) is 20.4. The second kappa shape index (κ2) is 13.1. The summed E-state index contributed by atoms with van der Waals surface area (Å²) in [5.41, 5.74) is 1.33. The highest BCUT2D eigenvalue weighted by Gasteiger charge is 2.45. The fraction of sp³-hybridized carbons (Fsp3) is 0.679. The Balaban J connectivity index is 1.64. The highest BCUT2D eigenvalue weighted by atomic mass is 16.7. The smallest absolute Gasteiger partial charge is 0.305 e. The van der Waals surface area contributed by atoms with Crippen molar-refractivity contribution in [3.63, 3.8) is 0 Å². The summed E-state index contributed by atoms with van der Waals surface area (Å²) in [5, 5.41) is 10.6. The van der Waals surface area contributed by atoms with E-state index in [0.717, 1.165) is 38.7 Å². The highest BCUT2D eigenvalue weighted by molar-refractivity contribution is 5.69. The Kier molecular flexibility index (Phi) is 10.2. The summed E-state index contributed by atoms with van der Waals surface area (Å²) < 4.78 is 17.0. The molecule has 1 saturated carbocycles. The molecule has 1 saturated heterocycles. The lowest BCUT2D eigenvalue weighted by atomic mass is 9.88. The standard InChI is InChI=1S/C28H40O5/c1-4-5-10-20(2)25(29)15-14-23-24-18-21(11-6-7-12-27(30)31-3)17-22(24)19-26(23)33-28-13-8-9-16-32-28/h6,11,14-15,17,20,22-26,28-29H,7-10,12-13,16,18-19H2,1-3H3/b11-6?,15-14-/t20?,22-,23-,24-,25?,26+,28?/m0/s1. The SMILES string of the molecule is CC#CCC(C)C(O)/C=C\[C@H]1[C@H]2CC(C=CCCC(=O)OC)=C[C@H]2C[C@H]1OC1CCCCO1. The van der Waals surface area contributed by atoms with Crippen molar-refractivity contribution >= 4 is 5.97 Å². The fourth-order valence-corrected chi connectivity index (χ4v) is 5.16. The van der Waals surface area contributed by atoms with Gasteiger partial charge in [-0.15, -0.1) is 11.8 Å². The first-order valence-corrected chi connectivity index (χ1v) is 12.5. The van der Waals surface area contributed by atoms with Crippen molar-refractivity contribution in [2.24, 2.45) is 23.7 Å². The summed E-state index contributed by atoms with van der Waals surface area (Å²) in [6, 6.07) is 0. The Labute approximate surface area is 199 Å². The summed E-state index contributed by atoms with van der Waals surface area (Å²) in [6.45, 7) is 4.65. The number of hydrogen-bond donors (Lipinski definition) is 1. The fourth-order valence-electron chi connectivity index (χ4n) is 5.16. The Morgan fingerprint density at radius 3 is 2.97 bits per heavy atom. The van der Waals surface area contributed by atoms with Gasteiger partial charge in [0, 0.05) is 25.4 Å². The summed E-state index contributed by atoms with van der Waals surface area (Å²) in [5.74, 6) is 7.08. The van der Waals surface area contributed by atoms with Crippen LogP contribution in [-0.2, 0) is 19.0 Å². The largest absolute Gasteiger partial charge is 0.469 e. The quantitative estimate of drug-likeness (QED) is 0.286. The van der Waals surface area contributed by atoms with Crippen LogP contribution in [0.5, 0.6) is 0 Å². The van der Waals surface area contributed by atoms with E-state index in [0.29, 0.717) is 31.1 Å². The number of hydrogen-bond acceptors (Lipinski definition) is 5. The number of aliphatic hydroxyl groups is 1. The number of ether oxygens (including phenoxy) is 3. The van der Waals surface area contributed by atoms with E-state index in [-0.39, 0.29) is 30.2 Å². The molecule has 0 bridgehead atoms. The zero-order valence-corrected chi connectivity index (χ0v) is 20.4. The lowest BCUT2D eigenvalue weighted by molar-refractivity contribution is -0.192. The van der Waals surface area contributed by atoms with Gasteiger partial charge >= 0.3 is 5.97 Å². The minimum absolute atomic E-state index is 0.0990. The van der Waals surface area contributed by atoms with Crippen LogP contribution in [-0.4, -0.2) is 43.3 Å². The highest BCUT2D eigenvalue weighted by Crippen LogP contribution is 2.49. The van der Waals surface area contributed by atoms with Crippen LogP contribution in [0.1, 0.15) is 65.2 Å².